The summed E-state index contributed by atoms with van der Waals surface area (Å²) in [5, 5.41) is 0.516. The average molecular weight is 448 g/mol. The lowest BCUT2D eigenvalue weighted by atomic mass is 9.77. The fourth-order valence-electron chi connectivity index (χ4n) is 5.16. The maximum Gasteiger partial charge on any atom is 0.254 e. The Hall–Kier alpha value is -2.92. The van der Waals surface area contributed by atoms with Crippen molar-refractivity contribution in [2.75, 3.05) is 6.54 Å². The van der Waals surface area contributed by atoms with Crippen molar-refractivity contribution in [3.05, 3.63) is 75.0 Å². The lowest BCUT2D eigenvalue weighted by Crippen LogP contribution is -2.59. The van der Waals surface area contributed by atoms with Crippen LogP contribution in [0.5, 0.6) is 0 Å². The number of hydrogen-bond donors (Lipinski definition) is 1. The molecule has 6 heteroatoms. The second kappa shape index (κ2) is 8.21. The number of rotatable bonds is 5. The largest absolute Gasteiger partial charge is 0.337 e. The van der Waals surface area contributed by atoms with E-state index in [0.29, 0.717) is 40.6 Å². The molecular weight excluding hydrogens is 422 g/mol. The minimum Gasteiger partial charge on any atom is -0.337 e. The van der Waals surface area contributed by atoms with Crippen molar-refractivity contribution in [1.29, 1.82) is 0 Å². The van der Waals surface area contributed by atoms with Crippen LogP contribution in [0.2, 0.25) is 5.02 Å². The summed E-state index contributed by atoms with van der Waals surface area (Å²) in [5.41, 5.74) is 3.63. The summed E-state index contributed by atoms with van der Waals surface area (Å²) >= 11 is 6.52. The average Bonchev–Trinajstić information content (AvgIpc) is 3.31. The maximum atomic E-state index is 12.9. The molecule has 0 radical (unpaired) electrons. The Morgan fingerprint density at radius 2 is 1.84 bits per heavy atom. The van der Waals surface area contributed by atoms with E-state index >= 15 is 0 Å². The Morgan fingerprint density at radius 1 is 1.09 bits per heavy atom. The minimum absolute atomic E-state index is 0.0946. The number of carbonyl (C=O) groups excluding carboxylic acids is 1. The quantitative estimate of drug-likeness (QED) is 0.545. The number of β-lactam (4-membered cyclic amide) rings is 1. The molecule has 5 nitrogen and oxygen atoms in total. The second-order valence-electron chi connectivity index (χ2n) is 8.92. The zero-order valence-corrected chi connectivity index (χ0v) is 18.9. The number of hydrogen-bond acceptors (Lipinski definition) is 3. The number of aromatic nitrogens is 2. The predicted molar refractivity (Wildman–Crippen MR) is 126 cm³/mol. The number of likely N-dealkylation sites (tertiary alicyclic amines) is 1. The number of halogens is 1. The Morgan fingerprint density at radius 3 is 2.53 bits per heavy atom. The summed E-state index contributed by atoms with van der Waals surface area (Å²) in [5.74, 6) is 0.719. The van der Waals surface area contributed by atoms with E-state index in [2.05, 4.69) is 4.98 Å². The molecule has 1 N–H and O–H groups in total. The van der Waals surface area contributed by atoms with Crippen LogP contribution in [0, 0.1) is 5.41 Å². The highest BCUT2D eigenvalue weighted by Gasteiger charge is 2.52. The molecule has 1 saturated carbocycles. The van der Waals surface area contributed by atoms with Gasteiger partial charge < -0.3 is 9.88 Å². The van der Waals surface area contributed by atoms with Gasteiger partial charge in [-0.25, -0.2) is 4.98 Å². The molecule has 164 valence electrons. The van der Waals surface area contributed by atoms with Gasteiger partial charge >= 0.3 is 0 Å². The number of H-pyrrole nitrogens is 1. The number of aromatic amines is 1. The third-order valence-electron chi connectivity index (χ3n) is 6.87. The molecule has 1 aliphatic carbocycles. The van der Waals surface area contributed by atoms with Gasteiger partial charge in [0.1, 0.15) is 5.82 Å². The highest BCUT2D eigenvalue weighted by Crippen LogP contribution is 2.47. The van der Waals surface area contributed by atoms with Crippen molar-refractivity contribution in [3.8, 4) is 22.6 Å². The van der Waals surface area contributed by atoms with Gasteiger partial charge in [0, 0.05) is 29.8 Å². The first kappa shape index (κ1) is 21.0. The van der Waals surface area contributed by atoms with E-state index in [1.54, 1.807) is 0 Å². The molecular formula is C26H26ClN3O2. The standard InChI is InChI=1S/C26H26ClN3O2/c1-2-19-22(18-8-4-3-5-9-18)28-23(29-24(19)31)20-14-17(10-11-21(20)27)15-30-16-26(25(30)32)12-6-7-13-26/h3-5,8-11,14H,2,6-7,12-13,15-16H2,1H3,(H,28,29,31). The number of nitrogens with one attached hydrogen (secondary N) is 1. The smallest absolute Gasteiger partial charge is 0.254 e. The maximum absolute atomic E-state index is 12.9. The Bertz CT molecular complexity index is 1230. The molecule has 1 amide bonds. The van der Waals surface area contributed by atoms with Crippen LogP contribution in [-0.4, -0.2) is 27.3 Å². The predicted octanol–water partition coefficient (Wildman–Crippen LogP) is 5.22. The van der Waals surface area contributed by atoms with E-state index < -0.39 is 0 Å². The minimum atomic E-state index is -0.154. The zero-order chi connectivity index (χ0) is 22.3. The van der Waals surface area contributed by atoms with Crippen LogP contribution in [-0.2, 0) is 17.8 Å². The van der Waals surface area contributed by atoms with Gasteiger partial charge in [-0.2, -0.15) is 0 Å². The van der Waals surface area contributed by atoms with E-state index in [-0.39, 0.29) is 16.9 Å². The summed E-state index contributed by atoms with van der Waals surface area (Å²) in [6.45, 7) is 3.34. The summed E-state index contributed by atoms with van der Waals surface area (Å²) < 4.78 is 0. The summed E-state index contributed by atoms with van der Waals surface area (Å²) in [4.78, 5) is 35.3. The normalized spacial score (nSPS) is 17.1. The molecule has 2 aromatic carbocycles. The molecule has 0 bridgehead atoms. The zero-order valence-electron chi connectivity index (χ0n) is 18.2. The van der Waals surface area contributed by atoms with E-state index in [1.807, 2.05) is 60.4 Å². The SMILES string of the molecule is CCc1c(-c2ccccc2)nc(-c2cc(CN3CC4(CCCC4)C3=O)ccc2Cl)[nH]c1=O. The fourth-order valence-corrected chi connectivity index (χ4v) is 5.37. The number of nitrogens with zero attached hydrogens (tertiary/aromatic N) is 2. The summed E-state index contributed by atoms with van der Waals surface area (Å²) in [7, 11) is 0. The highest BCUT2D eigenvalue weighted by molar-refractivity contribution is 6.33. The van der Waals surface area contributed by atoms with Gasteiger partial charge in [-0.3, -0.25) is 9.59 Å². The van der Waals surface area contributed by atoms with Crippen LogP contribution in [0.15, 0.2) is 53.3 Å². The molecule has 1 saturated heterocycles. The van der Waals surface area contributed by atoms with Crippen LogP contribution in [0.4, 0.5) is 0 Å². The number of carbonyl (C=O) groups is 1. The first-order chi connectivity index (χ1) is 15.5. The van der Waals surface area contributed by atoms with Crippen molar-refractivity contribution in [1.82, 2.24) is 14.9 Å². The van der Waals surface area contributed by atoms with Crippen molar-refractivity contribution in [2.45, 2.75) is 45.6 Å². The summed E-state index contributed by atoms with van der Waals surface area (Å²) in [6, 6.07) is 15.4. The van der Waals surface area contributed by atoms with E-state index in [0.717, 1.165) is 43.4 Å². The van der Waals surface area contributed by atoms with E-state index in [4.69, 9.17) is 16.6 Å². The topological polar surface area (TPSA) is 66.1 Å². The number of benzene rings is 2. The fraction of sp³-hybridized carbons (Fsp3) is 0.346. The van der Waals surface area contributed by atoms with Crippen LogP contribution in [0.25, 0.3) is 22.6 Å². The Labute approximate surface area is 192 Å². The van der Waals surface area contributed by atoms with Gasteiger partial charge in [-0.05, 0) is 37.0 Å². The molecule has 1 aromatic heterocycles. The molecule has 2 fully saturated rings. The van der Waals surface area contributed by atoms with Crippen LogP contribution >= 0.6 is 11.6 Å². The second-order valence-corrected chi connectivity index (χ2v) is 9.33. The number of amides is 1. The molecule has 1 spiro atoms. The Kier molecular flexibility index (Phi) is 5.38. The first-order valence-corrected chi connectivity index (χ1v) is 11.7. The van der Waals surface area contributed by atoms with Gasteiger partial charge in [-0.1, -0.05) is 67.8 Å². The van der Waals surface area contributed by atoms with E-state index in [9.17, 15) is 9.59 Å². The van der Waals surface area contributed by atoms with Crippen molar-refractivity contribution < 1.29 is 4.79 Å². The van der Waals surface area contributed by atoms with Crippen LogP contribution in [0.3, 0.4) is 0 Å². The van der Waals surface area contributed by atoms with Crippen molar-refractivity contribution >= 4 is 17.5 Å². The van der Waals surface area contributed by atoms with E-state index in [1.165, 1.54) is 0 Å². The summed E-state index contributed by atoms with van der Waals surface area (Å²) in [6.07, 6.45) is 4.93. The molecule has 3 aromatic rings. The third kappa shape index (κ3) is 3.55. The lowest BCUT2D eigenvalue weighted by molar-refractivity contribution is -0.160. The van der Waals surface area contributed by atoms with Crippen molar-refractivity contribution in [3.63, 3.8) is 0 Å². The van der Waals surface area contributed by atoms with Gasteiger partial charge in [0.25, 0.3) is 5.56 Å². The van der Waals surface area contributed by atoms with Gasteiger partial charge in [0.15, 0.2) is 0 Å². The molecule has 2 heterocycles. The van der Waals surface area contributed by atoms with Gasteiger partial charge in [0.05, 0.1) is 16.1 Å². The molecule has 0 atom stereocenters. The molecule has 32 heavy (non-hydrogen) atoms. The Balaban J connectivity index is 1.48. The molecule has 0 unspecified atom stereocenters. The van der Waals surface area contributed by atoms with Gasteiger partial charge in [-0.15, -0.1) is 0 Å². The van der Waals surface area contributed by atoms with Gasteiger partial charge in [0.2, 0.25) is 5.91 Å². The first-order valence-electron chi connectivity index (χ1n) is 11.3. The van der Waals surface area contributed by atoms with Crippen LogP contribution in [0.1, 0.15) is 43.7 Å². The lowest BCUT2D eigenvalue weighted by Gasteiger charge is -2.47. The molecule has 1 aliphatic heterocycles. The van der Waals surface area contributed by atoms with Crippen LogP contribution < -0.4 is 5.56 Å². The molecule has 5 rings (SSSR count). The van der Waals surface area contributed by atoms with Crippen molar-refractivity contribution in [2.24, 2.45) is 5.41 Å². The highest BCUT2D eigenvalue weighted by atomic mass is 35.5. The third-order valence-corrected chi connectivity index (χ3v) is 7.20. The monoisotopic (exact) mass is 447 g/mol. The molecule has 2 aliphatic rings.